The zero-order valence-corrected chi connectivity index (χ0v) is 80.2. The number of hydrogen-bond donors (Lipinski definition) is 0. The lowest BCUT2D eigenvalue weighted by Gasteiger charge is -2.21. The van der Waals surface area contributed by atoms with Gasteiger partial charge in [-0.2, -0.15) is 0 Å². The third-order valence-electron chi connectivity index (χ3n) is 29.8. The van der Waals surface area contributed by atoms with E-state index in [4.69, 9.17) is 0 Å². The molecule has 0 aliphatic rings. The van der Waals surface area contributed by atoms with Gasteiger partial charge in [-0.1, -0.05) is 545 Å². The summed E-state index contributed by atoms with van der Waals surface area (Å²) in [5.74, 6) is 0. The zero-order valence-electron chi connectivity index (χ0n) is 80.2. The molecule has 0 unspecified atom stereocenters. The summed E-state index contributed by atoms with van der Waals surface area (Å²) in [5, 5.41) is 30.3. The summed E-state index contributed by atoms with van der Waals surface area (Å²) in [5.41, 5.74) is 33.8. The third kappa shape index (κ3) is 15.7. The average molecular weight is 1840 g/mol. The van der Waals surface area contributed by atoms with Crippen LogP contribution in [0.1, 0.15) is 5.56 Å². The number of rotatable bonds is 13. The minimum absolute atomic E-state index is 1.22. The first-order valence-corrected chi connectivity index (χ1v) is 50.3. The van der Waals surface area contributed by atoms with E-state index in [2.05, 4.69) is 571 Å². The van der Waals surface area contributed by atoms with E-state index in [1.54, 1.807) is 0 Å². The van der Waals surface area contributed by atoms with Crippen LogP contribution in [0.4, 0.5) is 0 Å². The van der Waals surface area contributed by atoms with Crippen molar-refractivity contribution in [3.8, 4) is 145 Å². The molecule has 0 saturated heterocycles. The summed E-state index contributed by atoms with van der Waals surface area (Å²) in [7, 11) is 0. The molecule has 0 aliphatic carbocycles. The molecule has 28 aromatic rings. The molecule has 0 fully saturated rings. The van der Waals surface area contributed by atoms with E-state index in [0.717, 1.165) is 0 Å². The maximum absolute atomic E-state index is 2.47. The second-order valence-electron chi connectivity index (χ2n) is 38.2. The quantitative estimate of drug-likeness (QED) is 0.101. The summed E-state index contributed by atoms with van der Waals surface area (Å²) in [6, 6.07) is 207. The van der Waals surface area contributed by atoms with Gasteiger partial charge in [0.15, 0.2) is 0 Å². The Morgan fingerprint density at radius 2 is 0.276 bits per heavy atom. The Bertz CT molecular complexity index is 9740. The van der Waals surface area contributed by atoms with Crippen LogP contribution in [0.2, 0.25) is 0 Å². The third-order valence-corrected chi connectivity index (χ3v) is 29.8. The normalized spacial score (nSPS) is 11.5. The highest BCUT2D eigenvalue weighted by atomic mass is 14.3. The molecule has 0 bridgehead atoms. The molecule has 28 rings (SSSR count). The van der Waals surface area contributed by atoms with Gasteiger partial charge in [-0.15, -0.1) is 0 Å². The molecule has 0 radical (unpaired) electrons. The van der Waals surface area contributed by atoms with Gasteiger partial charge in [0.1, 0.15) is 0 Å². The Kier molecular flexibility index (Phi) is 22.4. The fourth-order valence-electron chi connectivity index (χ4n) is 23.2. The SMILES string of the molecule is Cc1ccc(-c2ccc3c(-c4ccc(-c5ccccc5)cc4)c4ccccc4c(-c4ccc(-c5ccccc5)cc4)c3c2)cc1.c1ccc(-c2c3ccccc3c(-c3ccc4c(-c5ccc6ccccc6c5)c5ccccc5c(-c5ccccc5)c4c3)c3ccccc23)cc1.c1ccc(-c2c3ccccc3c(-c3ccc4c(-c5cccc6ccccc56)c5ccccc5c(-c5ccccc5)c4c3)c3ccccc23)cc1. The van der Waals surface area contributed by atoms with Crippen LogP contribution in [0.3, 0.4) is 0 Å². The maximum atomic E-state index is 2.47. The standard InChI is InChI=1S/2C50H32.C45H32/c1-3-16-34(17-4-1)47-39-21-9-12-24-42(39)50(43-25-13-10-22-40(43)47)38-29-30-45-46(32-38)48(35-18-5-2-6-19-35)41-23-11-14-26-44(41)49(45)37-28-27-33-15-7-8-20-36(33)31-37;1-3-17-34(18-4-1)47-39-23-9-11-25-41(39)49(42-26-12-10-24-40(42)47)36-30-31-45-46(32-36)48(35-19-5-2-6-20-35)43-27-13-14-28-44(43)50(45)38-29-15-21-33-16-7-8-22-37(33)38;1-31-16-18-36(19-17-31)39-28-29-42-43(30-39)45(38-26-22-35(23-27-38)33-12-6-3-7-13-33)41-15-9-8-14-40(41)44(42)37-24-20-34(21-25-37)32-10-4-2-5-11-32/h2*1-32H;2-30H,1H3. The monoisotopic (exact) mass is 1840 g/mol. The van der Waals surface area contributed by atoms with Crippen molar-refractivity contribution in [1.82, 2.24) is 0 Å². The molecule has 0 aliphatic heterocycles. The maximum Gasteiger partial charge on any atom is -0.00201 e. The molecule has 0 nitrogen and oxygen atoms in total. The molecular weight excluding hydrogens is 1740 g/mol. The molecule has 28 aromatic carbocycles. The lowest BCUT2D eigenvalue weighted by molar-refractivity contribution is 1.47. The Morgan fingerprint density at radius 3 is 0.614 bits per heavy atom. The molecule has 0 atom stereocenters. The topological polar surface area (TPSA) is 0 Å². The lowest BCUT2D eigenvalue weighted by Crippen LogP contribution is -1.94. The van der Waals surface area contributed by atoms with Gasteiger partial charge >= 0.3 is 0 Å². The van der Waals surface area contributed by atoms with Gasteiger partial charge in [0.05, 0.1) is 0 Å². The first kappa shape index (κ1) is 86.6. The van der Waals surface area contributed by atoms with Gasteiger partial charge in [0.2, 0.25) is 0 Å². The molecule has 0 amide bonds. The van der Waals surface area contributed by atoms with Crippen LogP contribution in [0.5, 0.6) is 0 Å². The van der Waals surface area contributed by atoms with Crippen molar-refractivity contribution in [3.63, 3.8) is 0 Å². The molecule has 0 heterocycles. The molecule has 145 heavy (non-hydrogen) atoms. The second kappa shape index (κ2) is 37.5. The van der Waals surface area contributed by atoms with Crippen molar-refractivity contribution in [2.75, 3.05) is 0 Å². The van der Waals surface area contributed by atoms with E-state index < -0.39 is 0 Å². The average Bonchev–Trinajstić information content (AvgIpc) is 0.723. The molecule has 676 valence electrons. The van der Waals surface area contributed by atoms with E-state index in [1.807, 2.05) is 0 Å². The van der Waals surface area contributed by atoms with E-state index in [0.29, 0.717) is 0 Å². The first-order chi connectivity index (χ1) is 71.9. The second-order valence-corrected chi connectivity index (χ2v) is 38.2. The largest absolute Gasteiger partial charge is 0.0622 e. The summed E-state index contributed by atoms with van der Waals surface area (Å²) in [6.07, 6.45) is 0. The summed E-state index contributed by atoms with van der Waals surface area (Å²) in [4.78, 5) is 0. The van der Waals surface area contributed by atoms with Gasteiger partial charge < -0.3 is 0 Å². The fraction of sp³-hybridized carbons (Fsp3) is 0.00690. The highest BCUT2D eigenvalue weighted by Gasteiger charge is 2.27. The summed E-state index contributed by atoms with van der Waals surface area (Å²) in [6.45, 7) is 2.14. The fourth-order valence-corrected chi connectivity index (χ4v) is 23.2. The van der Waals surface area contributed by atoms with Crippen molar-refractivity contribution in [2.24, 2.45) is 0 Å². The highest BCUT2D eigenvalue weighted by Crippen LogP contribution is 2.54. The molecule has 0 aromatic heterocycles. The van der Waals surface area contributed by atoms with Gasteiger partial charge in [-0.3, -0.25) is 0 Å². The first-order valence-electron chi connectivity index (χ1n) is 50.3. The molecule has 0 N–H and O–H groups in total. The number of hydrogen-bond acceptors (Lipinski definition) is 0. The summed E-state index contributed by atoms with van der Waals surface area (Å²) < 4.78 is 0. The predicted octanol–water partition coefficient (Wildman–Crippen LogP) is 40.9. The van der Waals surface area contributed by atoms with Crippen LogP contribution >= 0.6 is 0 Å². The molecule has 0 spiro atoms. The Morgan fingerprint density at radius 1 is 0.0897 bits per heavy atom. The van der Waals surface area contributed by atoms with Crippen LogP contribution < -0.4 is 0 Å². The zero-order chi connectivity index (χ0) is 96.2. The molecule has 0 heteroatoms. The van der Waals surface area contributed by atoms with Crippen LogP contribution in [-0.2, 0) is 0 Å². The predicted molar refractivity (Wildman–Crippen MR) is 625 cm³/mol. The van der Waals surface area contributed by atoms with Crippen molar-refractivity contribution < 1.29 is 0 Å². The Labute approximate surface area is 844 Å². The summed E-state index contributed by atoms with van der Waals surface area (Å²) >= 11 is 0. The Balaban J connectivity index is 0.000000111. The van der Waals surface area contributed by atoms with Crippen LogP contribution in [-0.4, -0.2) is 0 Å². The van der Waals surface area contributed by atoms with Gasteiger partial charge in [-0.05, 0) is 305 Å². The highest BCUT2D eigenvalue weighted by molar-refractivity contribution is 6.30. The van der Waals surface area contributed by atoms with Crippen molar-refractivity contribution >= 4 is 129 Å². The molecular formula is C145H96. The van der Waals surface area contributed by atoms with E-state index in [-0.39, 0.29) is 0 Å². The van der Waals surface area contributed by atoms with Crippen LogP contribution in [0.25, 0.3) is 274 Å². The van der Waals surface area contributed by atoms with Gasteiger partial charge in [-0.25, -0.2) is 0 Å². The van der Waals surface area contributed by atoms with Crippen LogP contribution in [0, 0.1) is 6.92 Å². The van der Waals surface area contributed by atoms with Crippen molar-refractivity contribution in [1.29, 1.82) is 0 Å². The van der Waals surface area contributed by atoms with Crippen molar-refractivity contribution in [2.45, 2.75) is 6.92 Å². The van der Waals surface area contributed by atoms with Crippen LogP contribution in [0.15, 0.2) is 564 Å². The number of benzene rings is 28. The molecule has 0 saturated carbocycles. The minimum atomic E-state index is 1.22. The van der Waals surface area contributed by atoms with E-state index in [1.165, 1.54) is 279 Å². The van der Waals surface area contributed by atoms with Gasteiger partial charge in [0, 0.05) is 0 Å². The number of fused-ring (bicyclic) bond motifs is 12. The van der Waals surface area contributed by atoms with E-state index in [9.17, 15) is 0 Å². The minimum Gasteiger partial charge on any atom is -0.0622 e. The Hall–Kier alpha value is -18.7. The van der Waals surface area contributed by atoms with E-state index >= 15 is 0 Å². The smallest absolute Gasteiger partial charge is 0.00201 e. The van der Waals surface area contributed by atoms with Gasteiger partial charge in [0.25, 0.3) is 0 Å². The lowest BCUT2D eigenvalue weighted by atomic mass is 9.82. The van der Waals surface area contributed by atoms with Crippen molar-refractivity contribution in [3.05, 3.63) is 570 Å². The number of aryl methyl sites for hydroxylation is 1.